The Morgan fingerprint density at radius 1 is 1.16 bits per heavy atom. The highest BCUT2D eigenvalue weighted by Gasteiger charge is 2.17. The van der Waals surface area contributed by atoms with Crippen LogP contribution in [0.3, 0.4) is 0 Å². The third kappa shape index (κ3) is 5.49. The van der Waals surface area contributed by atoms with Crippen LogP contribution < -0.4 is 21.3 Å². The number of aromatic nitrogens is 1. The number of anilines is 1. The molecule has 0 fully saturated rings. The number of primary amides is 1. The standard InChI is InChI=1S/C18H23N5O2/c1-23(2)17-14(9-6-10-20-17)12-21-16(24)11-15(22-18(19)25)13-7-4-3-5-8-13/h3-10,15H,11-12H2,1-2H3,(H,21,24)(H3,19,22,25). The predicted octanol–water partition coefficient (Wildman–Crippen LogP) is 1.56. The second kappa shape index (κ2) is 8.68. The molecule has 0 aliphatic carbocycles. The van der Waals surface area contributed by atoms with E-state index >= 15 is 0 Å². The number of amides is 3. The number of hydrogen-bond donors (Lipinski definition) is 3. The highest BCUT2D eigenvalue weighted by atomic mass is 16.2. The molecule has 25 heavy (non-hydrogen) atoms. The van der Waals surface area contributed by atoms with Crippen molar-refractivity contribution in [3.05, 3.63) is 59.8 Å². The van der Waals surface area contributed by atoms with E-state index in [-0.39, 0.29) is 12.3 Å². The Morgan fingerprint density at radius 2 is 1.88 bits per heavy atom. The molecule has 1 aromatic carbocycles. The number of carbonyl (C=O) groups excluding carboxylic acids is 2. The molecule has 0 radical (unpaired) electrons. The van der Waals surface area contributed by atoms with E-state index < -0.39 is 12.1 Å². The summed E-state index contributed by atoms with van der Waals surface area (Å²) in [6, 6.07) is 11.9. The lowest BCUT2D eigenvalue weighted by molar-refractivity contribution is -0.121. The van der Waals surface area contributed by atoms with Crippen molar-refractivity contribution in [2.75, 3.05) is 19.0 Å². The minimum Gasteiger partial charge on any atom is -0.362 e. The van der Waals surface area contributed by atoms with Crippen LogP contribution in [0.4, 0.5) is 10.6 Å². The second-order valence-electron chi connectivity index (χ2n) is 5.83. The van der Waals surface area contributed by atoms with Gasteiger partial charge >= 0.3 is 6.03 Å². The van der Waals surface area contributed by atoms with Gasteiger partial charge in [-0.1, -0.05) is 36.4 Å². The first-order valence-electron chi connectivity index (χ1n) is 7.96. The van der Waals surface area contributed by atoms with E-state index in [4.69, 9.17) is 5.73 Å². The largest absolute Gasteiger partial charge is 0.362 e. The first-order valence-corrected chi connectivity index (χ1v) is 7.96. The summed E-state index contributed by atoms with van der Waals surface area (Å²) in [5.41, 5.74) is 6.97. The maximum absolute atomic E-state index is 12.3. The van der Waals surface area contributed by atoms with Gasteiger partial charge in [0.1, 0.15) is 5.82 Å². The number of nitrogens with one attached hydrogen (secondary N) is 2. The van der Waals surface area contributed by atoms with Crippen LogP contribution in [0.15, 0.2) is 48.7 Å². The molecular formula is C18H23N5O2. The van der Waals surface area contributed by atoms with E-state index in [1.807, 2.05) is 61.5 Å². The number of nitrogens with zero attached hydrogens (tertiary/aromatic N) is 2. The van der Waals surface area contributed by atoms with Gasteiger partial charge in [0.2, 0.25) is 5.91 Å². The number of carbonyl (C=O) groups is 2. The highest BCUT2D eigenvalue weighted by molar-refractivity contribution is 5.79. The Hall–Kier alpha value is -3.09. The molecule has 132 valence electrons. The third-order valence-electron chi connectivity index (χ3n) is 3.68. The number of benzene rings is 1. The lowest BCUT2D eigenvalue weighted by Gasteiger charge is -2.19. The molecule has 0 saturated carbocycles. The SMILES string of the molecule is CN(C)c1ncccc1CNC(=O)CC(NC(N)=O)c1ccccc1. The molecule has 3 amide bonds. The summed E-state index contributed by atoms with van der Waals surface area (Å²) in [6.07, 6.45) is 1.81. The number of urea groups is 1. The molecule has 2 rings (SSSR count). The number of pyridine rings is 1. The van der Waals surface area contributed by atoms with Crippen molar-refractivity contribution in [3.63, 3.8) is 0 Å². The van der Waals surface area contributed by atoms with Gasteiger partial charge in [0.15, 0.2) is 0 Å². The second-order valence-corrected chi connectivity index (χ2v) is 5.83. The minimum absolute atomic E-state index is 0.102. The Kier molecular flexibility index (Phi) is 6.33. The van der Waals surface area contributed by atoms with Crippen LogP contribution >= 0.6 is 0 Å². The average molecular weight is 341 g/mol. The van der Waals surface area contributed by atoms with E-state index in [1.165, 1.54) is 0 Å². The monoisotopic (exact) mass is 341 g/mol. The number of rotatable bonds is 7. The molecular weight excluding hydrogens is 318 g/mol. The molecule has 7 heteroatoms. The Morgan fingerprint density at radius 3 is 2.52 bits per heavy atom. The van der Waals surface area contributed by atoms with Crippen molar-refractivity contribution in [1.29, 1.82) is 0 Å². The smallest absolute Gasteiger partial charge is 0.312 e. The summed E-state index contributed by atoms with van der Waals surface area (Å²) in [6.45, 7) is 0.359. The molecule has 7 nitrogen and oxygen atoms in total. The van der Waals surface area contributed by atoms with Gasteiger partial charge in [-0.25, -0.2) is 9.78 Å². The van der Waals surface area contributed by atoms with Crippen LogP contribution in [0.2, 0.25) is 0 Å². The lowest BCUT2D eigenvalue weighted by Crippen LogP contribution is -2.36. The maximum atomic E-state index is 12.3. The van der Waals surface area contributed by atoms with Gasteiger partial charge in [0.05, 0.1) is 12.5 Å². The van der Waals surface area contributed by atoms with Crippen molar-refractivity contribution < 1.29 is 9.59 Å². The Bertz CT molecular complexity index is 718. The first-order chi connectivity index (χ1) is 12.0. The lowest BCUT2D eigenvalue weighted by atomic mass is 10.0. The van der Waals surface area contributed by atoms with E-state index in [2.05, 4.69) is 15.6 Å². The molecule has 1 heterocycles. The van der Waals surface area contributed by atoms with Crippen LogP contribution in [-0.4, -0.2) is 31.0 Å². The number of hydrogen-bond acceptors (Lipinski definition) is 4. The highest BCUT2D eigenvalue weighted by Crippen LogP contribution is 2.17. The van der Waals surface area contributed by atoms with Gasteiger partial charge in [-0.15, -0.1) is 0 Å². The van der Waals surface area contributed by atoms with Gasteiger partial charge in [0.25, 0.3) is 0 Å². The van der Waals surface area contributed by atoms with E-state index in [0.717, 1.165) is 16.9 Å². The Labute approximate surface area is 147 Å². The molecule has 1 unspecified atom stereocenters. The maximum Gasteiger partial charge on any atom is 0.312 e. The van der Waals surface area contributed by atoms with Gasteiger partial charge in [0, 0.05) is 32.4 Å². The summed E-state index contributed by atoms with van der Waals surface area (Å²) in [4.78, 5) is 29.8. The summed E-state index contributed by atoms with van der Waals surface area (Å²) >= 11 is 0. The van der Waals surface area contributed by atoms with E-state index in [1.54, 1.807) is 6.20 Å². The topological polar surface area (TPSA) is 100 Å². The zero-order valence-corrected chi connectivity index (χ0v) is 14.4. The fourth-order valence-electron chi connectivity index (χ4n) is 2.53. The fraction of sp³-hybridized carbons (Fsp3) is 0.278. The van der Waals surface area contributed by atoms with Crippen LogP contribution in [0.5, 0.6) is 0 Å². The van der Waals surface area contributed by atoms with Crippen molar-refractivity contribution in [3.8, 4) is 0 Å². The van der Waals surface area contributed by atoms with Crippen LogP contribution in [0.1, 0.15) is 23.6 Å². The normalized spacial score (nSPS) is 11.4. The quantitative estimate of drug-likeness (QED) is 0.711. The zero-order chi connectivity index (χ0) is 18.2. The van der Waals surface area contributed by atoms with Gasteiger partial charge < -0.3 is 21.3 Å². The van der Waals surface area contributed by atoms with Gasteiger partial charge in [-0.2, -0.15) is 0 Å². The molecule has 1 atom stereocenters. The summed E-state index contributed by atoms with van der Waals surface area (Å²) in [7, 11) is 3.80. The predicted molar refractivity (Wildman–Crippen MR) is 96.9 cm³/mol. The van der Waals surface area contributed by atoms with Crippen LogP contribution in [-0.2, 0) is 11.3 Å². The summed E-state index contributed by atoms with van der Waals surface area (Å²) in [5, 5.41) is 5.48. The van der Waals surface area contributed by atoms with Crippen molar-refractivity contribution in [1.82, 2.24) is 15.6 Å². The molecule has 0 spiro atoms. The Balaban J connectivity index is 2.01. The van der Waals surface area contributed by atoms with Crippen molar-refractivity contribution in [2.45, 2.75) is 19.0 Å². The fourth-order valence-corrected chi connectivity index (χ4v) is 2.53. The summed E-state index contributed by atoms with van der Waals surface area (Å²) < 4.78 is 0. The van der Waals surface area contributed by atoms with Crippen molar-refractivity contribution >= 4 is 17.8 Å². The van der Waals surface area contributed by atoms with Gasteiger partial charge in [-0.05, 0) is 11.6 Å². The van der Waals surface area contributed by atoms with Gasteiger partial charge in [-0.3, -0.25) is 4.79 Å². The molecule has 0 aliphatic heterocycles. The molecule has 4 N–H and O–H groups in total. The minimum atomic E-state index is -0.663. The first kappa shape index (κ1) is 18.3. The van der Waals surface area contributed by atoms with E-state index in [9.17, 15) is 9.59 Å². The average Bonchev–Trinajstić information content (AvgIpc) is 2.60. The molecule has 0 aliphatic rings. The zero-order valence-electron chi connectivity index (χ0n) is 14.4. The van der Waals surface area contributed by atoms with E-state index in [0.29, 0.717) is 6.54 Å². The molecule has 2 aromatic rings. The molecule has 0 bridgehead atoms. The molecule has 1 aromatic heterocycles. The van der Waals surface area contributed by atoms with Crippen LogP contribution in [0.25, 0.3) is 0 Å². The summed E-state index contributed by atoms with van der Waals surface area (Å²) in [5.74, 6) is 0.619. The third-order valence-corrected chi connectivity index (χ3v) is 3.68. The number of nitrogens with two attached hydrogens (primary N) is 1. The molecule has 0 saturated heterocycles. The van der Waals surface area contributed by atoms with Crippen molar-refractivity contribution in [2.24, 2.45) is 5.73 Å². The van der Waals surface area contributed by atoms with Crippen LogP contribution in [0, 0.1) is 0 Å².